The number of hydrazone groups is 1. The SMILES string of the molecule is C/C(=N/Nc1c(Br)cc(F)cc1Br)C(C#N)C1(C)CCN(C(=O)OC(C)(C)C)CC1. The summed E-state index contributed by atoms with van der Waals surface area (Å²) in [6.45, 7) is 10.4. The smallest absolute Gasteiger partial charge is 0.410 e. The summed E-state index contributed by atoms with van der Waals surface area (Å²) in [4.78, 5) is 14.0. The fourth-order valence-corrected chi connectivity index (χ4v) is 4.73. The Balaban J connectivity index is 2.09. The second-order valence-electron chi connectivity index (χ2n) is 8.79. The number of nitrogens with one attached hydrogen (secondary N) is 1. The standard InChI is InChI=1S/C21H27Br2FN4O2/c1-13(26-27-18-16(22)10-14(24)11-17(18)23)15(12-25)21(5)6-8-28(9-7-21)19(29)30-20(2,3)4/h10-11,15,27H,6-9H2,1-5H3/b26-13-. The first-order valence-corrected chi connectivity index (χ1v) is 11.3. The molecule has 1 aliphatic heterocycles. The monoisotopic (exact) mass is 544 g/mol. The van der Waals surface area contributed by atoms with Crippen LogP contribution in [0, 0.1) is 28.5 Å². The Labute approximate surface area is 194 Å². The molecule has 6 nitrogen and oxygen atoms in total. The number of ether oxygens (including phenoxy) is 1. The number of piperidine rings is 1. The van der Waals surface area contributed by atoms with Gasteiger partial charge in [0.1, 0.15) is 11.4 Å². The number of anilines is 1. The Morgan fingerprint density at radius 1 is 1.33 bits per heavy atom. The van der Waals surface area contributed by atoms with Crippen LogP contribution in [0.2, 0.25) is 0 Å². The van der Waals surface area contributed by atoms with Crippen LogP contribution in [-0.2, 0) is 4.74 Å². The molecule has 1 amide bonds. The molecule has 0 radical (unpaired) electrons. The lowest BCUT2D eigenvalue weighted by atomic mass is 9.69. The number of likely N-dealkylation sites (tertiary alicyclic amines) is 1. The van der Waals surface area contributed by atoms with Crippen LogP contribution in [0.5, 0.6) is 0 Å². The van der Waals surface area contributed by atoms with Crippen LogP contribution in [0.3, 0.4) is 0 Å². The molecular weight excluding hydrogens is 519 g/mol. The van der Waals surface area contributed by atoms with E-state index < -0.39 is 11.5 Å². The number of amides is 1. The zero-order valence-corrected chi connectivity index (χ0v) is 21.0. The highest BCUT2D eigenvalue weighted by molar-refractivity contribution is 9.11. The molecule has 1 aromatic rings. The largest absolute Gasteiger partial charge is 0.444 e. The van der Waals surface area contributed by atoms with E-state index in [4.69, 9.17) is 4.74 Å². The average molecular weight is 546 g/mol. The van der Waals surface area contributed by atoms with Crippen molar-refractivity contribution in [1.82, 2.24) is 4.90 Å². The van der Waals surface area contributed by atoms with Crippen molar-refractivity contribution in [2.45, 2.75) is 53.1 Å². The van der Waals surface area contributed by atoms with Crippen LogP contribution in [0.25, 0.3) is 0 Å². The van der Waals surface area contributed by atoms with Gasteiger partial charge in [0.05, 0.1) is 23.4 Å². The number of nitrogens with zero attached hydrogens (tertiary/aromatic N) is 3. The molecule has 0 aliphatic carbocycles. The molecule has 1 aromatic carbocycles. The van der Waals surface area contributed by atoms with Gasteiger partial charge < -0.3 is 9.64 Å². The van der Waals surface area contributed by atoms with E-state index in [1.54, 1.807) is 11.8 Å². The van der Waals surface area contributed by atoms with E-state index in [0.29, 0.717) is 46.3 Å². The predicted octanol–water partition coefficient (Wildman–Crippen LogP) is 6.32. The first-order valence-electron chi connectivity index (χ1n) is 9.68. The summed E-state index contributed by atoms with van der Waals surface area (Å²) in [7, 11) is 0. The second kappa shape index (κ2) is 9.65. The number of nitriles is 1. The lowest BCUT2D eigenvalue weighted by molar-refractivity contribution is 0.0102. The molecule has 1 unspecified atom stereocenters. The fraction of sp³-hybridized carbons (Fsp3) is 0.571. The molecular formula is C21H27Br2FN4O2. The van der Waals surface area contributed by atoms with Crippen LogP contribution >= 0.6 is 31.9 Å². The van der Waals surface area contributed by atoms with Crippen LogP contribution in [0.15, 0.2) is 26.2 Å². The van der Waals surface area contributed by atoms with Crippen LogP contribution < -0.4 is 5.43 Å². The minimum Gasteiger partial charge on any atom is -0.444 e. The molecule has 164 valence electrons. The molecule has 1 atom stereocenters. The number of carbonyl (C=O) groups is 1. The molecule has 0 aromatic heterocycles. The van der Waals surface area contributed by atoms with E-state index in [2.05, 4.69) is 55.4 Å². The number of hydrogen-bond donors (Lipinski definition) is 1. The minimum absolute atomic E-state index is 0.320. The summed E-state index contributed by atoms with van der Waals surface area (Å²) < 4.78 is 20.0. The molecule has 30 heavy (non-hydrogen) atoms. The van der Waals surface area contributed by atoms with E-state index in [-0.39, 0.29) is 17.3 Å². The Bertz CT molecular complexity index is 846. The van der Waals surface area contributed by atoms with Gasteiger partial charge in [-0.1, -0.05) is 6.92 Å². The molecule has 0 spiro atoms. The maximum Gasteiger partial charge on any atom is 0.410 e. The molecule has 0 bridgehead atoms. The van der Waals surface area contributed by atoms with Gasteiger partial charge in [0.2, 0.25) is 0 Å². The van der Waals surface area contributed by atoms with Crippen molar-refractivity contribution in [3.8, 4) is 6.07 Å². The van der Waals surface area contributed by atoms with Gasteiger partial charge in [-0.25, -0.2) is 9.18 Å². The molecule has 1 saturated heterocycles. The number of benzene rings is 1. The number of rotatable bonds is 4. The molecule has 2 rings (SSSR count). The van der Waals surface area contributed by atoms with Crippen molar-refractivity contribution in [2.24, 2.45) is 16.4 Å². The van der Waals surface area contributed by atoms with Gasteiger partial charge in [0.15, 0.2) is 0 Å². The number of carbonyl (C=O) groups excluding carboxylic acids is 1. The fourth-order valence-electron chi connectivity index (χ4n) is 3.43. The van der Waals surface area contributed by atoms with Gasteiger partial charge in [-0.05, 0) is 89.9 Å². The summed E-state index contributed by atoms with van der Waals surface area (Å²) >= 11 is 6.63. The zero-order chi connectivity index (χ0) is 22.7. The van der Waals surface area contributed by atoms with Gasteiger partial charge in [-0.3, -0.25) is 5.43 Å². The molecule has 1 N–H and O–H groups in total. The van der Waals surface area contributed by atoms with Gasteiger partial charge in [0.25, 0.3) is 0 Å². The topological polar surface area (TPSA) is 77.7 Å². The molecule has 1 fully saturated rings. The molecule has 1 aliphatic rings. The number of halogens is 3. The minimum atomic E-state index is -0.537. The third-order valence-electron chi connectivity index (χ3n) is 5.15. The van der Waals surface area contributed by atoms with Gasteiger partial charge in [-0.2, -0.15) is 10.4 Å². The summed E-state index contributed by atoms with van der Waals surface area (Å²) in [6, 6.07) is 5.06. The summed E-state index contributed by atoms with van der Waals surface area (Å²) in [5.74, 6) is -0.803. The van der Waals surface area contributed by atoms with E-state index in [9.17, 15) is 14.4 Å². The van der Waals surface area contributed by atoms with Crippen molar-refractivity contribution in [1.29, 1.82) is 5.26 Å². The predicted molar refractivity (Wildman–Crippen MR) is 123 cm³/mol. The summed E-state index contributed by atoms with van der Waals surface area (Å²) in [6.07, 6.45) is 1.01. The Morgan fingerprint density at radius 2 is 1.87 bits per heavy atom. The van der Waals surface area contributed by atoms with Crippen LogP contribution in [0.4, 0.5) is 14.9 Å². The zero-order valence-electron chi connectivity index (χ0n) is 17.9. The third kappa shape index (κ3) is 6.17. The first-order chi connectivity index (χ1) is 13.9. The van der Waals surface area contributed by atoms with E-state index in [1.165, 1.54) is 12.1 Å². The normalized spacial score (nSPS) is 17.8. The summed E-state index contributed by atoms with van der Waals surface area (Å²) in [5, 5.41) is 14.2. The lowest BCUT2D eigenvalue weighted by Crippen LogP contribution is -2.47. The first kappa shape index (κ1) is 24.6. The third-order valence-corrected chi connectivity index (χ3v) is 6.40. The van der Waals surface area contributed by atoms with Crippen molar-refractivity contribution >= 4 is 49.4 Å². The van der Waals surface area contributed by atoms with Crippen molar-refractivity contribution in [3.05, 3.63) is 26.9 Å². The highest BCUT2D eigenvalue weighted by Crippen LogP contribution is 2.40. The van der Waals surface area contributed by atoms with Gasteiger partial charge in [0, 0.05) is 22.0 Å². The second-order valence-corrected chi connectivity index (χ2v) is 10.5. The average Bonchev–Trinajstić information content (AvgIpc) is 2.60. The molecule has 0 saturated carbocycles. The highest BCUT2D eigenvalue weighted by Gasteiger charge is 2.41. The van der Waals surface area contributed by atoms with Crippen molar-refractivity contribution < 1.29 is 13.9 Å². The van der Waals surface area contributed by atoms with E-state index >= 15 is 0 Å². The maximum atomic E-state index is 13.5. The van der Waals surface area contributed by atoms with E-state index in [0.717, 1.165) is 0 Å². The van der Waals surface area contributed by atoms with Gasteiger partial charge in [-0.15, -0.1) is 0 Å². The molecule has 1 heterocycles. The highest BCUT2D eigenvalue weighted by atomic mass is 79.9. The Hall–Kier alpha value is -1.66. The quantitative estimate of drug-likeness (QED) is 0.355. The van der Waals surface area contributed by atoms with Crippen LogP contribution in [-0.4, -0.2) is 35.4 Å². The van der Waals surface area contributed by atoms with Crippen molar-refractivity contribution in [3.63, 3.8) is 0 Å². The van der Waals surface area contributed by atoms with Crippen molar-refractivity contribution in [2.75, 3.05) is 18.5 Å². The Kier molecular flexibility index (Phi) is 7.91. The molecule has 9 heteroatoms. The summed E-state index contributed by atoms with van der Waals surface area (Å²) in [5.41, 5.74) is 3.28. The lowest BCUT2D eigenvalue weighted by Gasteiger charge is -2.42. The Morgan fingerprint density at radius 3 is 2.33 bits per heavy atom. The van der Waals surface area contributed by atoms with Gasteiger partial charge >= 0.3 is 6.09 Å². The van der Waals surface area contributed by atoms with E-state index in [1.807, 2.05) is 20.8 Å². The number of hydrogen-bond acceptors (Lipinski definition) is 5. The van der Waals surface area contributed by atoms with Crippen LogP contribution in [0.1, 0.15) is 47.5 Å². The maximum absolute atomic E-state index is 13.5.